The molecule has 1 aromatic rings. The molecule has 1 aromatic carbocycles. The fraction of sp³-hybridized carbons (Fsp3) is 0.222. The summed E-state index contributed by atoms with van der Waals surface area (Å²) in [5.41, 5.74) is 14.8. The predicted molar refractivity (Wildman–Crippen MR) is 54.6 cm³/mol. The lowest BCUT2D eigenvalue weighted by Gasteiger charge is -2.06. The number of carbonyl (C=O) groups is 1. The van der Waals surface area contributed by atoms with Gasteiger partial charge in [0.05, 0.1) is 0 Å². The normalized spacial score (nSPS) is 11.5. The number of hydrogen-bond acceptors (Lipinski definition) is 3. The van der Waals surface area contributed by atoms with Crippen molar-refractivity contribution in [3.8, 4) is 0 Å². The molecule has 0 aliphatic rings. The Balaban J connectivity index is 2.82. The number of aliphatic carboxylic acids is 1. The van der Waals surface area contributed by atoms with Gasteiger partial charge in [0.2, 0.25) is 0 Å². The molecular weight excluding hydrogens is 196 g/mol. The van der Waals surface area contributed by atoms with E-state index in [2.05, 4.69) is 10.0 Å². The second-order valence-electron chi connectivity index (χ2n) is 3.01. The van der Waals surface area contributed by atoms with Crippen molar-refractivity contribution >= 4 is 11.7 Å². The van der Waals surface area contributed by atoms with Crippen molar-refractivity contribution in [1.29, 1.82) is 0 Å². The van der Waals surface area contributed by atoms with Crippen LogP contribution in [0.2, 0.25) is 0 Å². The van der Waals surface area contributed by atoms with Crippen LogP contribution in [0, 0.1) is 0 Å². The molecule has 0 heterocycles. The maximum absolute atomic E-state index is 10.5. The topological polar surface area (TPSA) is 112 Å². The summed E-state index contributed by atoms with van der Waals surface area (Å²) >= 11 is 0. The Morgan fingerprint density at radius 3 is 3.00 bits per heavy atom. The number of nitrogens with zero attached hydrogens (tertiary/aromatic N) is 3. The Morgan fingerprint density at radius 2 is 2.40 bits per heavy atom. The minimum absolute atomic E-state index is 0.212. The summed E-state index contributed by atoms with van der Waals surface area (Å²) in [4.78, 5) is 13.1. The van der Waals surface area contributed by atoms with Crippen LogP contribution in [0.5, 0.6) is 0 Å². The molecule has 0 aliphatic heterocycles. The van der Waals surface area contributed by atoms with Crippen LogP contribution in [0.1, 0.15) is 5.56 Å². The van der Waals surface area contributed by atoms with Crippen molar-refractivity contribution < 1.29 is 9.90 Å². The molecule has 0 saturated heterocycles. The van der Waals surface area contributed by atoms with E-state index in [1.807, 2.05) is 0 Å². The summed E-state index contributed by atoms with van der Waals surface area (Å²) < 4.78 is 0. The van der Waals surface area contributed by atoms with E-state index < -0.39 is 12.0 Å². The summed E-state index contributed by atoms with van der Waals surface area (Å²) in [6.45, 7) is 0. The van der Waals surface area contributed by atoms with Gasteiger partial charge in [-0.05, 0) is 23.6 Å². The van der Waals surface area contributed by atoms with Gasteiger partial charge in [0, 0.05) is 10.6 Å². The smallest absolute Gasteiger partial charge is 0.320 e. The molecule has 0 aliphatic carbocycles. The minimum Gasteiger partial charge on any atom is -0.480 e. The Hall–Kier alpha value is -2.04. The molecule has 0 radical (unpaired) electrons. The van der Waals surface area contributed by atoms with Gasteiger partial charge in [0.15, 0.2) is 0 Å². The average Bonchev–Trinajstić information content (AvgIpc) is 2.18. The second-order valence-corrected chi connectivity index (χ2v) is 3.01. The lowest BCUT2D eigenvalue weighted by molar-refractivity contribution is -0.138. The van der Waals surface area contributed by atoms with Gasteiger partial charge in [0.1, 0.15) is 6.04 Å². The van der Waals surface area contributed by atoms with Gasteiger partial charge in [-0.1, -0.05) is 23.3 Å². The lowest BCUT2D eigenvalue weighted by atomic mass is 10.1. The van der Waals surface area contributed by atoms with Crippen molar-refractivity contribution in [2.45, 2.75) is 12.5 Å². The third kappa shape index (κ3) is 3.30. The molecule has 0 spiro atoms. The van der Waals surface area contributed by atoms with Crippen LogP contribution in [-0.4, -0.2) is 17.1 Å². The average molecular weight is 206 g/mol. The monoisotopic (exact) mass is 206 g/mol. The first-order valence-corrected chi connectivity index (χ1v) is 4.26. The van der Waals surface area contributed by atoms with Crippen LogP contribution >= 0.6 is 0 Å². The Kier molecular flexibility index (Phi) is 3.68. The number of carboxylic acid groups (broad SMARTS) is 1. The molecule has 0 aromatic heterocycles. The van der Waals surface area contributed by atoms with E-state index in [9.17, 15) is 4.79 Å². The maximum Gasteiger partial charge on any atom is 0.320 e. The quantitative estimate of drug-likeness (QED) is 0.443. The Labute approximate surface area is 86.0 Å². The number of nitrogens with two attached hydrogens (primary N) is 1. The molecule has 1 rings (SSSR count). The standard InChI is InChI=1S/C9H10N4O2/c10-8(9(14)15)5-6-2-1-3-7(4-6)12-13-11/h1-4,8H,5,10H2,(H,14,15). The zero-order valence-electron chi connectivity index (χ0n) is 7.87. The maximum atomic E-state index is 10.5. The van der Waals surface area contributed by atoms with E-state index in [0.717, 1.165) is 5.56 Å². The highest BCUT2D eigenvalue weighted by molar-refractivity contribution is 5.73. The van der Waals surface area contributed by atoms with E-state index in [4.69, 9.17) is 16.4 Å². The summed E-state index contributed by atoms with van der Waals surface area (Å²) in [6, 6.07) is 5.73. The van der Waals surface area contributed by atoms with E-state index in [1.165, 1.54) is 0 Å². The van der Waals surface area contributed by atoms with Gasteiger partial charge in [-0.2, -0.15) is 0 Å². The van der Waals surface area contributed by atoms with Gasteiger partial charge in [0.25, 0.3) is 0 Å². The molecule has 1 atom stereocenters. The van der Waals surface area contributed by atoms with Gasteiger partial charge in [-0.3, -0.25) is 4.79 Å². The first-order valence-electron chi connectivity index (χ1n) is 4.26. The Bertz CT molecular complexity index is 412. The summed E-state index contributed by atoms with van der Waals surface area (Å²) in [5.74, 6) is -1.05. The van der Waals surface area contributed by atoms with Crippen molar-refractivity contribution in [1.82, 2.24) is 0 Å². The first kappa shape index (κ1) is 11.0. The zero-order chi connectivity index (χ0) is 11.3. The molecule has 0 fully saturated rings. The van der Waals surface area contributed by atoms with Crippen LogP contribution < -0.4 is 5.73 Å². The number of azide groups is 1. The minimum atomic E-state index is -1.05. The van der Waals surface area contributed by atoms with Crippen molar-refractivity contribution in [2.75, 3.05) is 0 Å². The highest BCUT2D eigenvalue weighted by Gasteiger charge is 2.11. The van der Waals surface area contributed by atoms with Crippen molar-refractivity contribution in [3.63, 3.8) is 0 Å². The van der Waals surface area contributed by atoms with Gasteiger partial charge < -0.3 is 10.8 Å². The molecular formula is C9H10N4O2. The Morgan fingerprint density at radius 1 is 1.67 bits per heavy atom. The molecule has 0 saturated carbocycles. The van der Waals surface area contributed by atoms with E-state index in [0.29, 0.717) is 5.69 Å². The van der Waals surface area contributed by atoms with Crippen LogP contribution in [-0.2, 0) is 11.2 Å². The van der Waals surface area contributed by atoms with Crippen molar-refractivity contribution in [3.05, 3.63) is 40.3 Å². The van der Waals surface area contributed by atoms with E-state index in [1.54, 1.807) is 24.3 Å². The molecule has 6 nitrogen and oxygen atoms in total. The third-order valence-corrected chi connectivity index (χ3v) is 1.84. The van der Waals surface area contributed by atoms with E-state index >= 15 is 0 Å². The zero-order valence-corrected chi connectivity index (χ0v) is 7.87. The number of hydrogen-bond donors (Lipinski definition) is 2. The molecule has 0 bridgehead atoms. The van der Waals surface area contributed by atoms with E-state index in [-0.39, 0.29) is 6.42 Å². The number of carboxylic acids is 1. The molecule has 6 heteroatoms. The molecule has 0 amide bonds. The fourth-order valence-corrected chi connectivity index (χ4v) is 1.14. The van der Waals surface area contributed by atoms with Crippen LogP contribution in [0.4, 0.5) is 5.69 Å². The van der Waals surface area contributed by atoms with Gasteiger partial charge in [-0.15, -0.1) is 0 Å². The SMILES string of the molecule is [N-]=[N+]=Nc1cccc(CC(N)C(=O)O)c1. The summed E-state index contributed by atoms with van der Waals surface area (Å²) in [7, 11) is 0. The fourth-order valence-electron chi connectivity index (χ4n) is 1.14. The molecule has 78 valence electrons. The molecule has 1 unspecified atom stereocenters. The first-order chi connectivity index (χ1) is 7.13. The van der Waals surface area contributed by atoms with Crippen molar-refractivity contribution in [2.24, 2.45) is 10.8 Å². The molecule has 15 heavy (non-hydrogen) atoms. The summed E-state index contributed by atoms with van der Waals surface area (Å²) in [6.07, 6.45) is 0.212. The third-order valence-electron chi connectivity index (χ3n) is 1.84. The van der Waals surface area contributed by atoms with Gasteiger partial charge >= 0.3 is 5.97 Å². The number of rotatable bonds is 4. The highest BCUT2D eigenvalue weighted by Crippen LogP contribution is 2.15. The van der Waals surface area contributed by atoms with Crippen LogP contribution in [0.25, 0.3) is 10.4 Å². The van der Waals surface area contributed by atoms with Gasteiger partial charge in [-0.25, -0.2) is 0 Å². The number of benzene rings is 1. The second kappa shape index (κ2) is 4.99. The lowest BCUT2D eigenvalue weighted by Crippen LogP contribution is -2.32. The molecule has 3 N–H and O–H groups in total. The highest BCUT2D eigenvalue weighted by atomic mass is 16.4. The van der Waals surface area contributed by atoms with Crippen LogP contribution in [0.3, 0.4) is 0 Å². The van der Waals surface area contributed by atoms with Crippen LogP contribution in [0.15, 0.2) is 29.4 Å². The largest absolute Gasteiger partial charge is 0.480 e. The summed E-state index contributed by atoms with van der Waals surface area (Å²) in [5, 5.41) is 12.0. The predicted octanol–water partition coefficient (Wildman–Crippen LogP) is 1.58.